The first-order chi connectivity index (χ1) is 6.77. The Balaban J connectivity index is 2.29. The van der Waals surface area contributed by atoms with Crippen LogP contribution in [0.5, 0.6) is 5.75 Å². The van der Waals surface area contributed by atoms with Gasteiger partial charge in [-0.1, -0.05) is 12.1 Å². The van der Waals surface area contributed by atoms with Crippen molar-refractivity contribution in [2.75, 3.05) is 6.61 Å². The summed E-state index contributed by atoms with van der Waals surface area (Å²) in [5.74, 6) is -0.312. The molecule has 0 saturated carbocycles. The molecular formula is C10H8O3S. The maximum absolute atomic E-state index is 10.3. The summed E-state index contributed by atoms with van der Waals surface area (Å²) >= 11 is 1.55. The van der Waals surface area contributed by atoms with Gasteiger partial charge in [0.25, 0.3) is 0 Å². The van der Waals surface area contributed by atoms with Crippen LogP contribution in [-0.4, -0.2) is 17.7 Å². The normalized spacial score (nSPS) is 10.3. The van der Waals surface area contributed by atoms with Crippen LogP contribution in [0.25, 0.3) is 10.1 Å². The third kappa shape index (κ3) is 1.70. The van der Waals surface area contributed by atoms with Crippen LogP contribution in [0.15, 0.2) is 29.6 Å². The highest BCUT2D eigenvalue weighted by Crippen LogP contribution is 2.31. The van der Waals surface area contributed by atoms with E-state index in [0.717, 1.165) is 10.1 Å². The van der Waals surface area contributed by atoms with Crippen LogP contribution >= 0.6 is 11.3 Å². The summed E-state index contributed by atoms with van der Waals surface area (Å²) in [6.07, 6.45) is 0. The second kappa shape index (κ2) is 3.67. The Morgan fingerprint density at radius 3 is 3.00 bits per heavy atom. The maximum Gasteiger partial charge on any atom is 0.341 e. The molecule has 0 spiro atoms. The summed E-state index contributed by atoms with van der Waals surface area (Å²) in [6.45, 7) is -0.291. The number of carboxylic acids is 1. The Morgan fingerprint density at radius 2 is 2.21 bits per heavy atom. The Bertz CT molecular complexity index is 461. The molecule has 2 aromatic rings. The highest BCUT2D eigenvalue weighted by molar-refractivity contribution is 7.17. The molecule has 0 aliphatic heterocycles. The molecule has 0 bridgehead atoms. The second-order valence-electron chi connectivity index (χ2n) is 2.78. The van der Waals surface area contributed by atoms with Gasteiger partial charge in [0.1, 0.15) is 5.75 Å². The Labute approximate surface area is 84.6 Å². The molecule has 0 aliphatic rings. The monoisotopic (exact) mass is 208 g/mol. The molecule has 1 aromatic carbocycles. The molecule has 14 heavy (non-hydrogen) atoms. The zero-order valence-electron chi connectivity index (χ0n) is 7.27. The van der Waals surface area contributed by atoms with Crippen molar-refractivity contribution in [3.05, 3.63) is 29.6 Å². The van der Waals surface area contributed by atoms with E-state index in [0.29, 0.717) is 5.75 Å². The molecule has 1 heterocycles. The van der Waals surface area contributed by atoms with Crippen molar-refractivity contribution in [3.63, 3.8) is 0 Å². The van der Waals surface area contributed by atoms with Crippen LogP contribution < -0.4 is 4.74 Å². The van der Waals surface area contributed by atoms with Gasteiger partial charge < -0.3 is 9.84 Å². The summed E-state index contributed by atoms with van der Waals surface area (Å²) in [4.78, 5) is 10.3. The van der Waals surface area contributed by atoms with Gasteiger partial charge in [0.05, 0.1) is 0 Å². The maximum atomic E-state index is 10.3. The van der Waals surface area contributed by atoms with Gasteiger partial charge in [-0.15, -0.1) is 11.3 Å². The van der Waals surface area contributed by atoms with Gasteiger partial charge in [-0.2, -0.15) is 0 Å². The van der Waals surface area contributed by atoms with Crippen molar-refractivity contribution in [2.45, 2.75) is 0 Å². The first-order valence-corrected chi connectivity index (χ1v) is 4.96. The van der Waals surface area contributed by atoms with E-state index in [1.54, 1.807) is 11.3 Å². The lowest BCUT2D eigenvalue weighted by atomic mass is 10.2. The molecular weight excluding hydrogens is 200 g/mol. The van der Waals surface area contributed by atoms with Crippen LogP contribution in [0.3, 0.4) is 0 Å². The van der Waals surface area contributed by atoms with Gasteiger partial charge >= 0.3 is 5.97 Å². The number of carboxylic acid groups (broad SMARTS) is 1. The molecule has 0 aliphatic carbocycles. The number of ether oxygens (including phenoxy) is 1. The first-order valence-electron chi connectivity index (χ1n) is 4.08. The van der Waals surface area contributed by atoms with Gasteiger partial charge in [-0.3, -0.25) is 0 Å². The lowest BCUT2D eigenvalue weighted by molar-refractivity contribution is -0.139. The Morgan fingerprint density at radius 1 is 1.43 bits per heavy atom. The molecule has 3 nitrogen and oxygen atoms in total. The van der Waals surface area contributed by atoms with Crippen LogP contribution in [0.1, 0.15) is 0 Å². The molecule has 2 rings (SSSR count). The van der Waals surface area contributed by atoms with E-state index in [-0.39, 0.29) is 6.61 Å². The average Bonchev–Trinajstić information content (AvgIpc) is 2.58. The van der Waals surface area contributed by atoms with Crippen molar-refractivity contribution < 1.29 is 14.6 Å². The van der Waals surface area contributed by atoms with E-state index < -0.39 is 5.97 Å². The highest BCUT2D eigenvalue weighted by Gasteiger charge is 2.05. The van der Waals surface area contributed by atoms with Crippen molar-refractivity contribution in [1.29, 1.82) is 0 Å². The first kappa shape index (κ1) is 9.02. The predicted octanol–water partition coefficient (Wildman–Crippen LogP) is 2.36. The fraction of sp³-hybridized carbons (Fsp3) is 0.100. The largest absolute Gasteiger partial charge is 0.480 e. The van der Waals surface area contributed by atoms with Gasteiger partial charge in [0.2, 0.25) is 0 Å². The Hall–Kier alpha value is -1.55. The third-order valence-electron chi connectivity index (χ3n) is 1.80. The highest BCUT2D eigenvalue weighted by atomic mass is 32.1. The van der Waals surface area contributed by atoms with Gasteiger partial charge in [-0.05, 0) is 12.1 Å². The minimum atomic E-state index is -0.958. The lowest BCUT2D eigenvalue weighted by Gasteiger charge is -1.99. The number of carbonyl (C=O) groups is 1. The van der Waals surface area contributed by atoms with E-state index in [4.69, 9.17) is 9.84 Å². The van der Waals surface area contributed by atoms with E-state index in [1.807, 2.05) is 29.6 Å². The van der Waals surface area contributed by atoms with E-state index in [2.05, 4.69) is 0 Å². The number of benzene rings is 1. The van der Waals surface area contributed by atoms with Gasteiger partial charge in [0.15, 0.2) is 6.61 Å². The minimum Gasteiger partial charge on any atom is -0.480 e. The van der Waals surface area contributed by atoms with Crippen molar-refractivity contribution in [3.8, 4) is 5.75 Å². The topological polar surface area (TPSA) is 46.5 Å². The molecule has 0 radical (unpaired) electrons. The lowest BCUT2D eigenvalue weighted by Crippen LogP contribution is -2.08. The zero-order chi connectivity index (χ0) is 9.97. The fourth-order valence-corrected chi connectivity index (χ4v) is 2.09. The molecule has 1 N–H and O–H groups in total. The average molecular weight is 208 g/mol. The molecule has 0 saturated heterocycles. The summed E-state index contributed by atoms with van der Waals surface area (Å²) in [7, 11) is 0. The molecule has 1 aromatic heterocycles. The van der Waals surface area contributed by atoms with Crippen molar-refractivity contribution in [1.82, 2.24) is 0 Å². The van der Waals surface area contributed by atoms with Crippen LogP contribution in [0.2, 0.25) is 0 Å². The SMILES string of the molecule is O=C(O)COc1csc2ccccc12. The molecule has 0 unspecified atom stereocenters. The standard InChI is InChI=1S/C10H8O3S/c11-10(12)5-13-8-6-14-9-4-2-1-3-7(8)9/h1-4,6H,5H2,(H,11,12). The summed E-state index contributed by atoms with van der Waals surface area (Å²) in [5, 5.41) is 11.3. The summed E-state index contributed by atoms with van der Waals surface area (Å²) in [5.41, 5.74) is 0. The third-order valence-corrected chi connectivity index (χ3v) is 2.74. The van der Waals surface area contributed by atoms with Gasteiger partial charge in [-0.25, -0.2) is 4.79 Å². The summed E-state index contributed by atoms with van der Waals surface area (Å²) in [6, 6.07) is 7.75. The number of fused-ring (bicyclic) bond motifs is 1. The van der Waals surface area contributed by atoms with Crippen molar-refractivity contribution in [2.24, 2.45) is 0 Å². The fourth-order valence-electron chi connectivity index (χ4n) is 1.20. The molecule has 4 heteroatoms. The molecule has 0 atom stereocenters. The minimum absolute atomic E-state index is 0.291. The number of rotatable bonds is 3. The van der Waals surface area contributed by atoms with E-state index in [9.17, 15) is 4.79 Å². The smallest absolute Gasteiger partial charge is 0.341 e. The summed E-state index contributed by atoms with van der Waals surface area (Å²) < 4.78 is 6.24. The quantitative estimate of drug-likeness (QED) is 0.842. The second-order valence-corrected chi connectivity index (χ2v) is 3.69. The number of hydrogen-bond acceptors (Lipinski definition) is 3. The Kier molecular flexibility index (Phi) is 2.37. The van der Waals surface area contributed by atoms with E-state index >= 15 is 0 Å². The van der Waals surface area contributed by atoms with Crippen LogP contribution in [-0.2, 0) is 4.79 Å². The van der Waals surface area contributed by atoms with Crippen LogP contribution in [0.4, 0.5) is 0 Å². The molecule has 72 valence electrons. The van der Waals surface area contributed by atoms with Gasteiger partial charge in [0, 0.05) is 15.5 Å². The van der Waals surface area contributed by atoms with E-state index in [1.165, 1.54) is 0 Å². The number of hydrogen-bond donors (Lipinski definition) is 1. The van der Waals surface area contributed by atoms with Crippen LogP contribution in [0, 0.1) is 0 Å². The molecule has 0 amide bonds. The zero-order valence-corrected chi connectivity index (χ0v) is 8.08. The van der Waals surface area contributed by atoms with Crippen molar-refractivity contribution >= 4 is 27.4 Å². The number of thiophene rings is 1. The predicted molar refractivity (Wildman–Crippen MR) is 55.0 cm³/mol. The number of aliphatic carboxylic acids is 1. The molecule has 0 fully saturated rings.